The van der Waals surface area contributed by atoms with Gasteiger partial charge in [-0.3, -0.25) is 4.79 Å². The zero-order valence-electron chi connectivity index (χ0n) is 9.37. The monoisotopic (exact) mass is 238 g/mol. The average molecular weight is 238 g/mol. The maximum Gasteiger partial charge on any atom is 0.224 e. The number of hydrogen-bond donors (Lipinski definition) is 2. The topological polar surface area (TPSA) is 41.1 Å². The highest BCUT2D eigenvalue weighted by molar-refractivity contribution is 7.08. The normalized spacial score (nSPS) is 20.6. The lowest BCUT2D eigenvalue weighted by molar-refractivity contribution is -0.116. The van der Waals surface area contributed by atoms with Crippen LogP contribution in [0.2, 0.25) is 0 Å². The Labute approximate surface area is 100 Å². The molecule has 1 atom stereocenters. The minimum Gasteiger partial charge on any atom is -0.325 e. The lowest BCUT2D eigenvalue weighted by Gasteiger charge is -2.22. The Kier molecular flexibility index (Phi) is 4.36. The molecule has 3 nitrogen and oxygen atoms in total. The van der Waals surface area contributed by atoms with Crippen LogP contribution in [0, 0.1) is 5.92 Å². The van der Waals surface area contributed by atoms with Gasteiger partial charge in [-0.1, -0.05) is 0 Å². The highest BCUT2D eigenvalue weighted by Gasteiger charge is 2.14. The van der Waals surface area contributed by atoms with E-state index in [1.807, 2.05) is 16.8 Å². The average Bonchev–Trinajstić information content (AvgIpc) is 2.81. The summed E-state index contributed by atoms with van der Waals surface area (Å²) in [6.07, 6.45) is 4.15. The van der Waals surface area contributed by atoms with Crippen molar-refractivity contribution in [1.82, 2.24) is 5.32 Å². The number of rotatable bonds is 4. The van der Waals surface area contributed by atoms with Gasteiger partial charge < -0.3 is 10.6 Å². The molecule has 1 aromatic rings. The summed E-state index contributed by atoms with van der Waals surface area (Å²) in [5.74, 6) is 0.825. The van der Waals surface area contributed by atoms with Gasteiger partial charge in [-0.15, -0.1) is 0 Å². The molecule has 2 N–H and O–H groups in total. The molecule has 4 heteroatoms. The second-order valence-corrected chi connectivity index (χ2v) is 5.09. The Morgan fingerprint density at radius 2 is 2.56 bits per heavy atom. The lowest BCUT2D eigenvalue weighted by atomic mass is 9.94. The van der Waals surface area contributed by atoms with E-state index in [-0.39, 0.29) is 5.91 Å². The molecule has 2 heterocycles. The number of thiophene rings is 1. The Morgan fingerprint density at radius 1 is 1.62 bits per heavy atom. The quantitative estimate of drug-likeness (QED) is 0.846. The minimum absolute atomic E-state index is 0.143. The van der Waals surface area contributed by atoms with Crippen LogP contribution in [0.4, 0.5) is 5.69 Å². The highest BCUT2D eigenvalue weighted by atomic mass is 32.1. The van der Waals surface area contributed by atoms with Gasteiger partial charge in [0, 0.05) is 11.8 Å². The molecule has 1 amide bonds. The second-order valence-electron chi connectivity index (χ2n) is 4.31. The SMILES string of the molecule is O=C(CCC1CCCNC1)Nc1ccsc1. The van der Waals surface area contributed by atoms with Gasteiger partial charge in [0.25, 0.3) is 0 Å². The van der Waals surface area contributed by atoms with Crippen molar-refractivity contribution in [3.05, 3.63) is 16.8 Å². The third-order valence-electron chi connectivity index (χ3n) is 2.98. The van der Waals surface area contributed by atoms with E-state index in [1.165, 1.54) is 12.8 Å². The molecule has 88 valence electrons. The second kappa shape index (κ2) is 6.01. The van der Waals surface area contributed by atoms with E-state index in [9.17, 15) is 4.79 Å². The Balaban J connectivity index is 1.67. The van der Waals surface area contributed by atoms with Crippen LogP contribution in [0.3, 0.4) is 0 Å². The van der Waals surface area contributed by atoms with Gasteiger partial charge in [0.2, 0.25) is 5.91 Å². The molecule has 1 aromatic heterocycles. The van der Waals surface area contributed by atoms with Gasteiger partial charge >= 0.3 is 0 Å². The molecule has 0 aliphatic carbocycles. The fraction of sp³-hybridized carbons (Fsp3) is 0.583. The first-order valence-corrected chi connectivity index (χ1v) is 6.81. The molecule has 1 fully saturated rings. The van der Waals surface area contributed by atoms with Crippen LogP contribution < -0.4 is 10.6 Å². The van der Waals surface area contributed by atoms with E-state index in [4.69, 9.17) is 0 Å². The first-order valence-electron chi connectivity index (χ1n) is 5.87. The molecule has 0 aromatic carbocycles. The van der Waals surface area contributed by atoms with Crippen molar-refractivity contribution in [3.8, 4) is 0 Å². The first kappa shape index (κ1) is 11.6. The van der Waals surface area contributed by atoms with Crippen molar-refractivity contribution in [2.75, 3.05) is 18.4 Å². The van der Waals surface area contributed by atoms with Gasteiger partial charge in [0.1, 0.15) is 0 Å². The van der Waals surface area contributed by atoms with Crippen LogP contribution in [-0.2, 0) is 4.79 Å². The van der Waals surface area contributed by atoms with Crippen molar-refractivity contribution in [1.29, 1.82) is 0 Å². The standard InChI is InChI=1S/C12H18N2OS/c15-12(14-11-5-7-16-9-11)4-3-10-2-1-6-13-8-10/h5,7,9-10,13H,1-4,6,8H2,(H,14,15). The Bertz CT molecular complexity index is 318. The van der Waals surface area contributed by atoms with E-state index in [2.05, 4.69) is 10.6 Å². The molecule has 1 aliphatic heterocycles. The third kappa shape index (κ3) is 3.61. The van der Waals surface area contributed by atoms with Crippen molar-refractivity contribution in [3.63, 3.8) is 0 Å². The number of nitrogens with one attached hydrogen (secondary N) is 2. The molecule has 1 aliphatic rings. The Hall–Kier alpha value is -0.870. The van der Waals surface area contributed by atoms with Gasteiger partial charge in [-0.25, -0.2) is 0 Å². The van der Waals surface area contributed by atoms with E-state index in [0.29, 0.717) is 12.3 Å². The summed E-state index contributed by atoms with van der Waals surface area (Å²) in [5.41, 5.74) is 0.928. The van der Waals surface area contributed by atoms with E-state index >= 15 is 0 Å². The summed E-state index contributed by atoms with van der Waals surface area (Å²) >= 11 is 1.60. The number of piperidine rings is 1. The van der Waals surface area contributed by atoms with E-state index in [1.54, 1.807) is 11.3 Å². The molecular formula is C12H18N2OS. The number of anilines is 1. The van der Waals surface area contributed by atoms with Crippen molar-refractivity contribution >= 4 is 22.9 Å². The third-order valence-corrected chi connectivity index (χ3v) is 3.67. The van der Waals surface area contributed by atoms with Crippen LogP contribution >= 0.6 is 11.3 Å². The summed E-state index contributed by atoms with van der Waals surface area (Å²) in [6, 6.07) is 1.94. The van der Waals surface area contributed by atoms with Crippen molar-refractivity contribution in [2.45, 2.75) is 25.7 Å². The molecule has 0 radical (unpaired) electrons. The smallest absolute Gasteiger partial charge is 0.224 e. The van der Waals surface area contributed by atoms with E-state index in [0.717, 1.165) is 25.2 Å². The number of carbonyl (C=O) groups excluding carboxylic acids is 1. The van der Waals surface area contributed by atoms with Gasteiger partial charge in [-0.05, 0) is 49.7 Å². The predicted molar refractivity (Wildman–Crippen MR) is 67.8 cm³/mol. The van der Waals surface area contributed by atoms with E-state index < -0.39 is 0 Å². The molecular weight excluding hydrogens is 220 g/mol. The van der Waals surface area contributed by atoms with Gasteiger partial charge in [0.15, 0.2) is 0 Å². The molecule has 0 saturated carbocycles. The van der Waals surface area contributed by atoms with Crippen molar-refractivity contribution in [2.24, 2.45) is 5.92 Å². The predicted octanol–water partition coefficient (Wildman–Crippen LogP) is 2.47. The zero-order valence-corrected chi connectivity index (χ0v) is 10.2. The number of hydrogen-bond acceptors (Lipinski definition) is 3. The van der Waals surface area contributed by atoms with Crippen LogP contribution in [-0.4, -0.2) is 19.0 Å². The molecule has 1 unspecified atom stereocenters. The summed E-state index contributed by atoms with van der Waals surface area (Å²) in [5, 5.41) is 10.2. The number of amides is 1. The molecule has 16 heavy (non-hydrogen) atoms. The van der Waals surface area contributed by atoms with Crippen molar-refractivity contribution < 1.29 is 4.79 Å². The summed E-state index contributed by atoms with van der Waals surface area (Å²) < 4.78 is 0. The van der Waals surface area contributed by atoms with Crippen LogP contribution in [0.5, 0.6) is 0 Å². The molecule has 2 rings (SSSR count). The summed E-state index contributed by atoms with van der Waals surface area (Å²) in [7, 11) is 0. The van der Waals surface area contributed by atoms with Crippen LogP contribution in [0.15, 0.2) is 16.8 Å². The Morgan fingerprint density at radius 3 is 3.25 bits per heavy atom. The fourth-order valence-electron chi connectivity index (χ4n) is 2.06. The maximum atomic E-state index is 11.6. The summed E-state index contributed by atoms with van der Waals surface area (Å²) in [6.45, 7) is 2.21. The molecule has 0 bridgehead atoms. The van der Waals surface area contributed by atoms with Gasteiger partial charge in [-0.2, -0.15) is 11.3 Å². The fourth-order valence-corrected chi connectivity index (χ4v) is 2.65. The first-order chi connectivity index (χ1) is 7.84. The highest BCUT2D eigenvalue weighted by Crippen LogP contribution is 2.17. The minimum atomic E-state index is 0.143. The zero-order chi connectivity index (χ0) is 11.2. The molecule has 0 spiro atoms. The number of carbonyl (C=O) groups is 1. The molecule has 1 saturated heterocycles. The maximum absolute atomic E-state index is 11.6. The van der Waals surface area contributed by atoms with Gasteiger partial charge in [0.05, 0.1) is 5.69 Å². The van der Waals surface area contributed by atoms with Crippen LogP contribution in [0.1, 0.15) is 25.7 Å². The lowest BCUT2D eigenvalue weighted by Crippen LogP contribution is -2.30. The largest absolute Gasteiger partial charge is 0.325 e. The summed E-state index contributed by atoms with van der Waals surface area (Å²) in [4.78, 5) is 11.6. The van der Waals surface area contributed by atoms with Crippen LogP contribution in [0.25, 0.3) is 0 Å².